The topological polar surface area (TPSA) is 53.4 Å². The molecule has 0 saturated heterocycles. The highest BCUT2D eigenvalue weighted by Gasteiger charge is 2.32. The molecule has 0 saturated carbocycles. The lowest BCUT2D eigenvalue weighted by Gasteiger charge is -2.24. The molecule has 4 nitrogen and oxygen atoms in total. The van der Waals surface area contributed by atoms with E-state index in [4.69, 9.17) is 5.11 Å². The summed E-state index contributed by atoms with van der Waals surface area (Å²) in [7, 11) is 0. The lowest BCUT2D eigenvalue weighted by Crippen LogP contribution is -2.35. The lowest BCUT2D eigenvalue weighted by molar-refractivity contribution is -0.119. The Labute approximate surface area is 110 Å². The number of rotatable bonds is 4. The van der Waals surface area contributed by atoms with Crippen molar-refractivity contribution in [2.24, 2.45) is 0 Å². The molecule has 0 aliphatic rings. The lowest BCUT2D eigenvalue weighted by atomic mass is 10.2. The van der Waals surface area contributed by atoms with E-state index in [1.54, 1.807) is 0 Å². The minimum absolute atomic E-state index is 0.00836. The van der Waals surface area contributed by atoms with E-state index in [1.807, 2.05) is 0 Å². The van der Waals surface area contributed by atoms with Gasteiger partial charge in [-0.15, -0.1) is 0 Å². The molecular formula is C10H10BrF3N2O2. The van der Waals surface area contributed by atoms with Gasteiger partial charge in [-0.1, -0.05) is 0 Å². The summed E-state index contributed by atoms with van der Waals surface area (Å²) in [6.45, 7) is 0.272. The molecule has 1 heterocycles. The highest BCUT2D eigenvalue weighted by Crippen LogP contribution is 2.25. The second-order valence-corrected chi connectivity index (χ2v) is 4.37. The van der Waals surface area contributed by atoms with Crippen LogP contribution in [-0.4, -0.2) is 35.3 Å². The van der Waals surface area contributed by atoms with Gasteiger partial charge in [0, 0.05) is 17.2 Å². The number of carboxylic acid groups (broad SMARTS) is 1. The van der Waals surface area contributed by atoms with E-state index in [1.165, 1.54) is 19.2 Å². The number of aromatic nitrogens is 1. The fourth-order valence-corrected chi connectivity index (χ4v) is 1.73. The summed E-state index contributed by atoms with van der Waals surface area (Å²) in [6.07, 6.45) is -3.15. The maximum atomic E-state index is 12.4. The molecule has 0 aliphatic heterocycles. The Balaban J connectivity index is 3.17. The Bertz CT molecular complexity index is 451. The molecule has 8 heteroatoms. The molecule has 1 aromatic heterocycles. The molecule has 1 aromatic rings. The van der Waals surface area contributed by atoms with Gasteiger partial charge in [0.15, 0.2) is 0 Å². The van der Waals surface area contributed by atoms with Crippen LogP contribution >= 0.6 is 15.9 Å². The highest BCUT2D eigenvalue weighted by molar-refractivity contribution is 9.10. The van der Waals surface area contributed by atoms with Crippen LogP contribution in [0.1, 0.15) is 17.3 Å². The first-order valence-electron chi connectivity index (χ1n) is 4.95. The Hall–Kier alpha value is -1.31. The number of anilines is 1. The Kier molecular flexibility index (Phi) is 4.55. The average Bonchev–Trinajstić information content (AvgIpc) is 2.24. The van der Waals surface area contributed by atoms with Crippen LogP contribution < -0.4 is 4.90 Å². The van der Waals surface area contributed by atoms with Crippen molar-refractivity contribution in [3.63, 3.8) is 0 Å². The van der Waals surface area contributed by atoms with E-state index in [0.29, 0.717) is 4.47 Å². The standard InChI is InChI=1S/C10H10BrF3N2O2/c1-2-16(5-10(12,13)14)8-7(9(17)18)3-6(11)4-15-8/h3-4H,2,5H2,1H3,(H,17,18). The summed E-state index contributed by atoms with van der Waals surface area (Å²) in [4.78, 5) is 15.6. The van der Waals surface area contributed by atoms with Gasteiger partial charge >= 0.3 is 12.1 Å². The number of alkyl halides is 3. The molecule has 0 spiro atoms. The van der Waals surface area contributed by atoms with E-state index >= 15 is 0 Å². The van der Waals surface area contributed by atoms with Gasteiger partial charge in [-0.05, 0) is 28.9 Å². The summed E-state index contributed by atoms with van der Waals surface area (Å²) in [5, 5.41) is 8.96. The molecule has 1 N–H and O–H groups in total. The Morgan fingerprint density at radius 2 is 2.17 bits per heavy atom. The Morgan fingerprint density at radius 3 is 2.61 bits per heavy atom. The van der Waals surface area contributed by atoms with Crippen molar-refractivity contribution in [2.75, 3.05) is 18.0 Å². The SMILES string of the molecule is CCN(CC(F)(F)F)c1ncc(Br)cc1C(=O)O. The van der Waals surface area contributed by atoms with Crippen LogP contribution in [0.4, 0.5) is 19.0 Å². The zero-order chi connectivity index (χ0) is 13.9. The molecule has 0 radical (unpaired) electrons. The molecule has 0 atom stereocenters. The molecule has 0 aliphatic carbocycles. The third kappa shape index (κ3) is 3.86. The fraction of sp³-hybridized carbons (Fsp3) is 0.400. The summed E-state index contributed by atoms with van der Waals surface area (Å²) >= 11 is 3.03. The maximum Gasteiger partial charge on any atom is 0.405 e. The second kappa shape index (κ2) is 5.55. The maximum absolute atomic E-state index is 12.4. The number of pyridine rings is 1. The zero-order valence-corrected chi connectivity index (χ0v) is 10.9. The first kappa shape index (κ1) is 14.7. The highest BCUT2D eigenvalue weighted by atomic mass is 79.9. The van der Waals surface area contributed by atoms with Crippen molar-refractivity contribution in [1.82, 2.24) is 4.98 Å². The number of hydrogen-bond acceptors (Lipinski definition) is 3. The van der Waals surface area contributed by atoms with Crippen LogP contribution in [0.5, 0.6) is 0 Å². The van der Waals surface area contributed by atoms with E-state index in [0.717, 1.165) is 4.90 Å². The summed E-state index contributed by atoms with van der Waals surface area (Å²) in [5.41, 5.74) is -0.268. The first-order valence-corrected chi connectivity index (χ1v) is 5.74. The summed E-state index contributed by atoms with van der Waals surface area (Å²) in [5.74, 6) is -1.51. The van der Waals surface area contributed by atoms with Crippen molar-refractivity contribution in [2.45, 2.75) is 13.1 Å². The van der Waals surface area contributed by atoms with Crippen LogP contribution in [0, 0.1) is 0 Å². The van der Waals surface area contributed by atoms with Crippen LogP contribution in [0.25, 0.3) is 0 Å². The molecule has 1 rings (SSSR count). The largest absolute Gasteiger partial charge is 0.478 e. The molecule has 0 amide bonds. The normalized spacial score (nSPS) is 11.4. The number of nitrogens with zero attached hydrogens (tertiary/aromatic N) is 2. The second-order valence-electron chi connectivity index (χ2n) is 3.46. The van der Waals surface area contributed by atoms with Crippen LogP contribution in [0.2, 0.25) is 0 Å². The van der Waals surface area contributed by atoms with Gasteiger partial charge < -0.3 is 10.0 Å². The van der Waals surface area contributed by atoms with Crippen LogP contribution in [-0.2, 0) is 0 Å². The van der Waals surface area contributed by atoms with Crippen LogP contribution in [0.15, 0.2) is 16.7 Å². The molecule has 100 valence electrons. The molecule has 18 heavy (non-hydrogen) atoms. The average molecular weight is 327 g/mol. The number of carboxylic acids is 1. The van der Waals surface area contributed by atoms with E-state index in [2.05, 4.69) is 20.9 Å². The van der Waals surface area contributed by atoms with Gasteiger partial charge in [0.1, 0.15) is 17.9 Å². The predicted octanol–water partition coefficient (Wildman–Crippen LogP) is 2.93. The predicted molar refractivity (Wildman–Crippen MR) is 62.8 cm³/mol. The zero-order valence-electron chi connectivity index (χ0n) is 9.33. The molecule has 0 unspecified atom stereocenters. The van der Waals surface area contributed by atoms with Crippen molar-refractivity contribution < 1.29 is 23.1 Å². The molecule has 0 fully saturated rings. The molecule has 0 bridgehead atoms. The van der Waals surface area contributed by atoms with Gasteiger partial charge in [0.05, 0.1) is 0 Å². The molecule has 0 aromatic carbocycles. The fourth-order valence-electron chi connectivity index (χ4n) is 1.39. The van der Waals surface area contributed by atoms with Crippen molar-refractivity contribution >= 4 is 27.7 Å². The Morgan fingerprint density at radius 1 is 1.56 bits per heavy atom. The minimum Gasteiger partial charge on any atom is -0.478 e. The van der Waals surface area contributed by atoms with Gasteiger partial charge in [0.2, 0.25) is 0 Å². The van der Waals surface area contributed by atoms with Crippen molar-refractivity contribution in [3.05, 3.63) is 22.3 Å². The van der Waals surface area contributed by atoms with Gasteiger partial charge in [0.25, 0.3) is 0 Å². The van der Waals surface area contributed by atoms with E-state index < -0.39 is 18.7 Å². The van der Waals surface area contributed by atoms with Gasteiger partial charge in [-0.25, -0.2) is 9.78 Å². The quantitative estimate of drug-likeness (QED) is 0.924. The van der Waals surface area contributed by atoms with Crippen LogP contribution in [0.3, 0.4) is 0 Å². The summed E-state index contributed by atoms with van der Waals surface area (Å²) in [6, 6.07) is 1.23. The summed E-state index contributed by atoms with van der Waals surface area (Å²) < 4.78 is 37.5. The molecular weight excluding hydrogens is 317 g/mol. The van der Waals surface area contributed by atoms with Crippen molar-refractivity contribution in [1.29, 1.82) is 0 Å². The monoisotopic (exact) mass is 326 g/mol. The first-order chi connectivity index (χ1) is 8.24. The number of carbonyl (C=O) groups is 1. The third-order valence-corrected chi connectivity index (χ3v) is 2.55. The number of aromatic carboxylic acids is 1. The van der Waals surface area contributed by atoms with E-state index in [-0.39, 0.29) is 17.9 Å². The number of halogens is 4. The van der Waals surface area contributed by atoms with Gasteiger partial charge in [-0.3, -0.25) is 0 Å². The van der Waals surface area contributed by atoms with Gasteiger partial charge in [-0.2, -0.15) is 13.2 Å². The minimum atomic E-state index is -4.42. The number of hydrogen-bond donors (Lipinski definition) is 1. The smallest absolute Gasteiger partial charge is 0.405 e. The third-order valence-electron chi connectivity index (χ3n) is 2.12. The van der Waals surface area contributed by atoms with E-state index in [9.17, 15) is 18.0 Å². The van der Waals surface area contributed by atoms with Crippen molar-refractivity contribution in [3.8, 4) is 0 Å².